The van der Waals surface area contributed by atoms with Gasteiger partial charge >= 0.3 is 0 Å². The van der Waals surface area contributed by atoms with E-state index in [1.54, 1.807) is 18.4 Å². The molecule has 0 aliphatic heterocycles. The number of halogens is 1. The molecule has 5 nitrogen and oxygen atoms in total. The highest BCUT2D eigenvalue weighted by atomic mass is 127. The van der Waals surface area contributed by atoms with E-state index in [4.69, 9.17) is 4.74 Å². The normalized spacial score (nSPS) is 11.1. The molecule has 3 rings (SSSR count). The SMILES string of the molecule is CN=C(NCc1ccccc1COCc1ccccc1)N(C)Cc1csc(C)n1.I. The van der Waals surface area contributed by atoms with Crippen LogP contribution < -0.4 is 5.32 Å². The largest absolute Gasteiger partial charge is 0.372 e. The molecule has 0 radical (unpaired) electrons. The molecule has 0 saturated carbocycles. The van der Waals surface area contributed by atoms with Crippen molar-refractivity contribution in [3.63, 3.8) is 0 Å². The van der Waals surface area contributed by atoms with Gasteiger partial charge in [0.2, 0.25) is 0 Å². The molecular formula is C23H29IN4OS. The van der Waals surface area contributed by atoms with Crippen LogP contribution in [0.3, 0.4) is 0 Å². The lowest BCUT2D eigenvalue weighted by Crippen LogP contribution is -2.38. The van der Waals surface area contributed by atoms with Crippen molar-refractivity contribution in [2.75, 3.05) is 14.1 Å². The van der Waals surface area contributed by atoms with Gasteiger partial charge in [-0.15, -0.1) is 35.3 Å². The number of benzene rings is 2. The Hall–Kier alpha value is -1.97. The van der Waals surface area contributed by atoms with Gasteiger partial charge in [-0.05, 0) is 23.6 Å². The summed E-state index contributed by atoms with van der Waals surface area (Å²) in [6.07, 6.45) is 0. The fraction of sp³-hybridized carbons (Fsp3) is 0.304. The van der Waals surface area contributed by atoms with Crippen LogP contribution in [0.25, 0.3) is 0 Å². The number of hydrogen-bond acceptors (Lipinski definition) is 4. The molecule has 160 valence electrons. The van der Waals surface area contributed by atoms with Gasteiger partial charge in [0.1, 0.15) is 0 Å². The lowest BCUT2D eigenvalue weighted by molar-refractivity contribution is 0.106. The molecule has 0 aliphatic carbocycles. The van der Waals surface area contributed by atoms with E-state index in [9.17, 15) is 0 Å². The van der Waals surface area contributed by atoms with Crippen molar-refractivity contribution in [2.24, 2.45) is 4.99 Å². The lowest BCUT2D eigenvalue weighted by atomic mass is 10.1. The van der Waals surface area contributed by atoms with Crippen LogP contribution in [0, 0.1) is 6.92 Å². The fourth-order valence-corrected chi connectivity index (χ4v) is 3.69. The number of guanidine groups is 1. The van der Waals surface area contributed by atoms with Crippen LogP contribution in [0.15, 0.2) is 65.0 Å². The number of rotatable bonds is 8. The van der Waals surface area contributed by atoms with Crippen LogP contribution in [0.4, 0.5) is 0 Å². The molecule has 0 unspecified atom stereocenters. The molecular weight excluding hydrogens is 507 g/mol. The van der Waals surface area contributed by atoms with Gasteiger partial charge < -0.3 is 15.0 Å². The average Bonchev–Trinajstić information content (AvgIpc) is 3.15. The van der Waals surface area contributed by atoms with E-state index in [0.29, 0.717) is 19.8 Å². The van der Waals surface area contributed by atoms with Crippen LogP contribution in [0.2, 0.25) is 0 Å². The molecule has 0 fully saturated rings. The maximum Gasteiger partial charge on any atom is 0.194 e. The van der Waals surface area contributed by atoms with Crippen molar-refractivity contribution in [1.82, 2.24) is 15.2 Å². The quantitative estimate of drug-likeness (QED) is 0.250. The third-order valence-electron chi connectivity index (χ3n) is 4.56. The predicted molar refractivity (Wildman–Crippen MR) is 135 cm³/mol. The summed E-state index contributed by atoms with van der Waals surface area (Å²) in [5.41, 5.74) is 4.64. The monoisotopic (exact) mass is 536 g/mol. The van der Waals surface area contributed by atoms with Gasteiger partial charge in [-0.1, -0.05) is 54.6 Å². The number of nitrogens with one attached hydrogen (secondary N) is 1. The summed E-state index contributed by atoms with van der Waals surface area (Å²) >= 11 is 1.67. The molecule has 1 heterocycles. The summed E-state index contributed by atoms with van der Waals surface area (Å²) in [5, 5.41) is 6.64. The van der Waals surface area contributed by atoms with E-state index in [2.05, 4.69) is 62.0 Å². The Balaban J connectivity index is 0.00000320. The second-order valence-electron chi connectivity index (χ2n) is 6.86. The molecule has 7 heteroatoms. The Morgan fingerprint density at radius 2 is 1.77 bits per heavy atom. The molecule has 0 atom stereocenters. The van der Waals surface area contributed by atoms with Crippen LogP contribution >= 0.6 is 35.3 Å². The maximum absolute atomic E-state index is 5.93. The number of hydrogen-bond donors (Lipinski definition) is 1. The van der Waals surface area contributed by atoms with E-state index in [1.165, 1.54) is 16.7 Å². The summed E-state index contributed by atoms with van der Waals surface area (Å²) in [4.78, 5) is 11.0. The van der Waals surface area contributed by atoms with E-state index in [1.807, 2.05) is 32.2 Å². The number of aryl methyl sites for hydroxylation is 1. The summed E-state index contributed by atoms with van der Waals surface area (Å²) < 4.78 is 5.93. The zero-order valence-corrected chi connectivity index (χ0v) is 20.8. The summed E-state index contributed by atoms with van der Waals surface area (Å²) in [7, 11) is 3.83. The van der Waals surface area contributed by atoms with Gasteiger partial charge in [0, 0.05) is 26.0 Å². The number of aliphatic imine (C=N–C) groups is 1. The van der Waals surface area contributed by atoms with Crippen molar-refractivity contribution >= 4 is 41.3 Å². The van der Waals surface area contributed by atoms with Gasteiger partial charge in [-0.2, -0.15) is 0 Å². The highest BCUT2D eigenvalue weighted by Crippen LogP contribution is 2.13. The van der Waals surface area contributed by atoms with Gasteiger partial charge in [-0.3, -0.25) is 4.99 Å². The molecule has 1 aromatic heterocycles. The van der Waals surface area contributed by atoms with Crippen molar-refractivity contribution < 1.29 is 4.74 Å². The van der Waals surface area contributed by atoms with Crippen LogP contribution in [-0.4, -0.2) is 29.9 Å². The van der Waals surface area contributed by atoms with Crippen molar-refractivity contribution in [2.45, 2.75) is 33.2 Å². The predicted octanol–water partition coefficient (Wildman–Crippen LogP) is 4.99. The smallest absolute Gasteiger partial charge is 0.194 e. The number of aromatic nitrogens is 1. The molecule has 2 aromatic carbocycles. The minimum absolute atomic E-state index is 0. The first-order chi connectivity index (χ1) is 14.2. The first-order valence-electron chi connectivity index (χ1n) is 9.67. The van der Waals surface area contributed by atoms with E-state index in [0.717, 1.165) is 23.2 Å². The van der Waals surface area contributed by atoms with Crippen molar-refractivity contribution in [3.05, 3.63) is 87.4 Å². The van der Waals surface area contributed by atoms with Gasteiger partial charge in [0.15, 0.2) is 5.96 Å². The topological polar surface area (TPSA) is 49.8 Å². The Morgan fingerprint density at radius 3 is 2.43 bits per heavy atom. The molecule has 1 N–H and O–H groups in total. The molecule has 3 aromatic rings. The minimum atomic E-state index is 0. The van der Waals surface area contributed by atoms with Crippen LogP contribution in [0.1, 0.15) is 27.4 Å². The zero-order chi connectivity index (χ0) is 20.5. The lowest BCUT2D eigenvalue weighted by Gasteiger charge is -2.22. The van der Waals surface area contributed by atoms with Gasteiger partial charge in [0.05, 0.1) is 30.5 Å². The first kappa shape index (κ1) is 24.3. The van der Waals surface area contributed by atoms with E-state index >= 15 is 0 Å². The zero-order valence-electron chi connectivity index (χ0n) is 17.7. The second-order valence-corrected chi connectivity index (χ2v) is 7.92. The molecule has 0 spiro atoms. The third-order valence-corrected chi connectivity index (χ3v) is 5.39. The minimum Gasteiger partial charge on any atom is -0.372 e. The summed E-state index contributed by atoms with van der Waals surface area (Å²) in [5.74, 6) is 0.843. The summed E-state index contributed by atoms with van der Waals surface area (Å²) in [6.45, 7) is 4.64. The number of ether oxygens (including phenoxy) is 1. The molecule has 0 amide bonds. The fourth-order valence-electron chi connectivity index (χ4n) is 3.08. The van der Waals surface area contributed by atoms with Crippen molar-refractivity contribution in [1.29, 1.82) is 0 Å². The number of nitrogens with zero attached hydrogens (tertiary/aromatic N) is 3. The van der Waals surface area contributed by atoms with Crippen LogP contribution in [-0.2, 0) is 31.0 Å². The van der Waals surface area contributed by atoms with Gasteiger partial charge in [0.25, 0.3) is 0 Å². The molecule has 30 heavy (non-hydrogen) atoms. The number of thiazole rings is 1. The maximum atomic E-state index is 5.93. The first-order valence-corrected chi connectivity index (χ1v) is 10.5. The Labute approximate surface area is 200 Å². The Morgan fingerprint density at radius 1 is 1.07 bits per heavy atom. The molecule has 0 bridgehead atoms. The Kier molecular flexibility index (Phi) is 10.3. The van der Waals surface area contributed by atoms with Crippen molar-refractivity contribution in [3.8, 4) is 0 Å². The third kappa shape index (κ3) is 7.37. The van der Waals surface area contributed by atoms with E-state index in [-0.39, 0.29) is 24.0 Å². The molecule has 0 aliphatic rings. The summed E-state index contributed by atoms with van der Waals surface area (Å²) in [6, 6.07) is 18.6. The average molecular weight is 536 g/mol. The standard InChI is InChI=1S/C23H28N4OS.HI/c1-18-26-22(17-29-18)14-27(3)23(24-2)25-13-20-11-7-8-12-21(20)16-28-15-19-9-5-4-6-10-19;/h4-12,17H,13-16H2,1-3H3,(H,24,25);1H. The highest BCUT2D eigenvalue weighted by Gasteiger charge is 2.10. The second kappa shape index (κ2) is 12.7. The Bertz CT molecular complexity index is 930. The highest BCUT2D eigenvalue weighted by molar-refractivity contribution is 14.0. The van der Waals surface area contributed by atoms with Gasteiger partial charge in [-0.25, -0.2) is 4.98 Å². The molecule has 0 saturated heterocycles. The van der Waals surface area contributed by atoms with E-state index < -0.39 is 0 Å². The van der Waals surface area contributed by atoms with Crippen LogP contribution in [0.5, 0.6) is 0 Å².